The van der Waals surface area contributed by atoms with E-state index < -0.39 is 11.7 Å². The Morgan fingerprint density at radius 3 is 2.74 bits per heavy atom. The summed E-state index contributed by atoms with van der Waals surface area (Å²) in [5.74, 6) is -1.10. The molecule has 0 aliphatic carbocycles. The van der Waals surface area contributed by atoms with Gasteiger partial charge in [-0.15, -0.1) is 0 Å². The fraction of sp³-hybridized carbons (Fsp3) is 0.200. The molecule has 0 aliphatic heterocycles. The number of rotatable bonds is 5. The van der Waals surface area contributed by atoms with E-state index in [0.29, 0.717) is 5.56 Å². The average Bonchev–Trinajstić information content (AvgIpc) is 2.48. The number of halogens is 2. The molecular formula is C15H15FIN3O3. The van der Waals surface area contributed by atoms with E-state index in [0.717, 1.165) is 3.57 Å². The first-order valence-corrected chi connectivity index (χ1v) is 7.71. The largest absolute Gasteiger partial charge is 0.457 e. The van der Waals surface area contributed by atoms with Crippen molar-refractivity contribution >= 4 is 34.2 Å². The summed E-state index contributed by atoms with van der Waals surface area (Å²) in [5, 5.41) is 2.75. The van der Waals surface area contributed by atoms with Crippen molar-refractivity contribution in [3.05, 3.63) is 55.1 Å². The molecule has 0 atom stereocenters. The maximum atomic E-state index is 13.7. The molecule has 0 unspecified atom stereocenters. The van der Waals surface area contributed by atoms with Gasteiger partial charge < -0.3 is 15.8 Å². The van der Waals surface area contributed by atoms with Crippen LogP contribution in [0.5, 0.6) is 5.88 Å². The summed E-state index contributed by atoms with van der Waals surface area (Å²) in [6.45, 7) is 1.45. The first kappa shape index (κ1) is 17.3. The summed E-state index contributed by atoms with van der Waals surface area (Å²) >= 11 is 2.00. The van der Waals surface area contributed by atoms with Crippen LogP contribution in [0, 0.1) is 16.3 Å². The van der Waals surface area contributed by atoms with Gasteiger partial charge in [0.1, 0.15) is 5.82 Å². The number of hydrogen-bond donors (Lipinski definition) is 2. The molecule has 0 saturated heterocycles. The van der Waals surface area contributed by atoms with Crippen LogP contribution in [-0.4, -0.2) is 17.2 Å². The predicted molar refractivity (Wildman–Crippen MR) is 93.2 cm³/mol. The second-order valence-corrected chi connectivity index (χ2v) is 6.11. The number of hydrogen-bond acceptors (Lipinski definition) is 4. The molecule has 8 heteroatoms. The van der Waals surface area contributed by atoms with Crippen LogP contribution >= 0.6 is 22.6 Å². The van der Waals surface area contributed by atoms with Crippen LogP contribution in [0.2, 0.25) is 0 Å². The summed E-state index contributed by atoms with van der Waals surface area (Å²) in [5.41, 5.74) is 5.73. The molecule has 122 valence electrons. The lowest BCUT2D eigenvalue weighted by atomic mass is 10.2. The maximum Gasteiger partial charge on any atom is 0.256 e. The lowest BCUT2D eigenvalue weighted by molar-refractivity contribution is 0.0994. The second kappa shape index (κ2) is 6.99. The molecule has 1 heterocycles. The monoisotopic (exact) mass is 431 g/mol. The van der Waals surface area contributed by atoms with Gasteiger partial charge in [0.2, 0.25) is 5.88 Å². The van der Waals surface area contributed by atoms with Crippen molar-refractivity contribution in [1.82, 2.24) is 4.57 Å². The van der Waals surface area contributed by atoms with Gasteiger partial charge in [0, 0.05) is 16.2 Å². The predicted octanol–water partition coefficient (Wildman–Crippen LogP) is 1.98. The Bertz CT molecular complexity index is 820. The summed E-state index contributed by atoms with van der Waals surface area (Å²) in [4.78, 5) is 23.4. The van der Waals surface area contributed by atoms with Crippen LogP contribution in [0.1, 0.15) is 15.9 Å². The number of carbonyl (C=O) groups excluding carboxylic acids is 1. The van der Waals surface area contributed by atoms with Crippen molar-refractivity contribution in [1.29, 1.82) is 0 Å². The SMILES string of the molecule is Cc1cc(C(N)=O)c(OCNc2ccc(I)cc2F)n(C)c1=O. The highest BCUT2D eigenvalue weighted by Crippen LogP contribution is 2.19. The minimum atomic E-state index is -0.709. The van der Waals surface area contributed by atoms with Crippen molar-refractivity contribution in [2.45, 2.75) is 6.92 Å². The van der Waals surface area contributed by atoms with E-state index in [2.05, 4.69) is 5.32 Å². The minimum Gasteiger partial charge on any atom is -0.457 e. The lowest BCUT2D eigenvalue weighted by Gasteiger charge is -2.15. The molecule has 3 N–H and O–H groups in total. The number of amides is 1. The first-order valence-electron chi connectivity index (χ1n) is 6.63. The minimum absolute atomic E-state index is 0.0338. The molecule has 0 radical (unpaired) electrons. The van der Waals surface area contributed by atoms with Crippen LogP contribution in [-0.2, 0) is 7.05 Å². The zero-order valence-electron chi connectivity index (χ0n) is 12.5. The topological polar surface area (TPSA) is 86.3 Å². The number of aromatic nitrogens is 1. The van der Waals surface area contributed by atoms with Crippen LogP contribution < -0.4 is 21.3 Å². The second-order valence-electron chi connectivity index (χ2n) is 4.86. The molecule has 0 aliphatic rings. The van der Waals surface area contributed by atoms with Crippen LogP contribution in [0.25, 0.3) is 0 Å². The number of nitrogens with zero attached hydrogens (tertiary/aromatic N) is 1. The fourth-order valence-corrected chi connectivity index (χ4v) is 2.50. The van der Waals surface area contributed by atoms with E-state index in [1.54, 1.807) is 19.1 Å². The van der Waals surface area contributed by atoms with Crippen molar-refractivity contribution < 1.29 is 13.9 Å². The van der Waals surface area contributed by atoms with Crippen LogP contribution in [0.3, 0.4) is 0 Å². The number of nitrogens with two attached hydrogens (primary N) is 1. The van der Waals surface area contributed by atoms with E-state index in [4.69, 9.17) is 10.5 Å². The molecule has 1 amide bonds. The molecule has 6 nitrogen and oxygen atoms in total. The number of pyridine rings is 1. The highest BCUT2D eigenvalue weighted by Gasteiger charge is 2.16. The molecule has 0 fully saturated rings. The quantitative estimate of drug-likeness (QED) is 0.560. The zero-order chi connectivity index (χ0) is 17.1. The van der Waals surface area contributed by atoms with Gasteiger partial charge >= 0.3 is 0 Å². The van der Waals surface area contributed by atoms with Gasteiger partial charge in [-0.3, -0.25) is 14.2 Å². The highest BCUT2D eigenvalue weighted by atomic mass is 127. The Labute approximate surface area is 145 Å². The zero-order valence-corrected chi connectivity index (χ0v) is 14.7. The summed E-state index contributed by atoms with van der Waals surface area (Å²) in [6, 6.07) is 6.07. The smallest absolute Gasteiger partial charge is 0.256 e. The lowest BCUT2D eigenvalue weighted by Crippen LogP contribution is -2.27. The molecule has 0 spiro atoms. The standard InChI is InChI=1S/C15H15FIN3O3/c1-8-5-10(13(18)21)15(20(2)14(8)22)23-7-19-12-4-3-9(17)6-11(12)16/h3-6,19H,7H2,1-2H3,(H2,18,21). The molecular weight excluding hydrogens is 416 g/mol. The highest BCUT2D eigenvalue weighted by molar-refractivity contribution is 14.1. The third kappa shape index (κ3) is 3.81. The van der Waals surface area contributed by atoms with E-state index in [1.165, 1.54) is 23.7 Å². The Balaban J connectivity index is 2.22. The molecule has 0 saturated carbocycles. The van der Waals surface area contributed by atoms with Gasteiger partial charge in [-0.05, 0) is 53.8 Å². The number of nitrogens with one attached hydrogen (secondary N) is 1. The molecule has 2 aromatic rings. The van der Waals surface area contributed by atoms with Crippen molar-refractivity contribution in [3.8, 4) is 5.88 Å². The van der Waals surface area contributed by atoms with E-state index in [9.17, 15) is 14.0 Å². The normalized spacial score (nSPS) is 10.4. The van der Waals surface area contributed by atoms with Gasteiger partial charge in [0.25, 0.3) is 11.5 Å². The summed E-state index contributed by atoms with van der Waals surface area (Å²) < 4.78 is 21.1. The van der Waals surface area contributed by atoms with E-state index >= 15 is 0 Å². The third-order valence-electron chi connectivity index (χ3n) is 3.21. The fourth-order valence-electron chi connectivity index (χ4n) is 2.04. The molecule has 1 aromatic heterocycles. The Kier molecular flexibility index (Phi) is 5.24. The number of benzene rings is 1. The molecule has 1 aromatic carbocycles. The number of carbonyl (C=O) groups is 1. The van der Waals surface area contributed by atoms with Gasteiger partial charge in [0.05, 0.1) is 11.3 Å². The number of primary amides is 1. The van der Waals surface area contributed by atoms with Crippen LogP contribution in [0.15, 0.2) is 29.1 Å². The van der Waals surface area contributed by atoms with E-state index in [1.807, 2.05) is 22.6 Å². The Morgan fingerprint density at radius 2 is 2.13 bits per heavy atom. The first-order chi connectivity index (χ1) is 10.8. The van der Waals surface area contributed by atoms with Crippen molar-refractivity contribution in [3.63, 3.8) is 0 Å². The van der Waals surface area contributed by atoms with Gasteiger partial charge in [-0.1, -0.05) is 0 Å². The van der Waals surface area contributed by atoms with E-state index in [-0.39, 0.29) is 29.4 Å². The van der Waals surface area contributed by atoms with Gasteiger partial charge in [-0.25, -0.2) is 4.39 Å². The van der Waals surface area contributed by atoms with Crippen molar-refractivity contribution in [2.24, 2.45) is 12.8 Å². The third-order valence-corrected chi connectivity index (χ3v) is 3.88. The Morgan fingerprint density at radius 1 is 1.43 bits per heavy atom. The Hall–Kier alpha value is -2.10. The summed E-state index contributed by atoms with van der Waals surface area (Å²) in [7, 11) is 1.47. The summed E-state index contributed by atoms with van der Waals surface area (Å²) in [6.07, 6.45) is 0. The number of ether oxygens (including phenoxy) is 1. The number of aryl methyl sites for hydroxylation is 1. The average molecular weight is 431 g/mol. The van der Waals surface area contributed by atoms with Gasteiger partial charge in [-0.2, -0.15) is 0 Å². The molecule has 23 heavy (non-hydrogen) atoms. The molecule has 0 bridgehead atoms. The van der Waals surface area contributed by atoms with Gasteiger partial charge in [0.15, 0.2) is 6.73 Å². The van der Waals surface area contributed by atoms with Crippen LogP contribution in [0.4, 0.5) is 10.1 Å². The number of anilines is 1. The molecule has 2 rings (SSSR count). The van der Waals surface area contributed by atoms with Crippen molar-refractivity contribution in [2.75, 3.05) is 12.0 Å². The maximum absolute atomic E-state index is 13.7.